The summed E-state index contributed by atoms with van der Waals surface area (Å²) in [6, 6.07) is 18.9. The van der Waals surface area contributed by atoms with Crippen molar-refractivity contribution in [2.24, 2.45) is 0 Å². The predicted octanol–water partition coefficient (Wildman–Crippen LogP) is 6.03. The lowest BCUT2D eigenvalue weighted by molar-refractivity contribution is -0.132. The third kappa shape index (κ3) is 4.56. The maximum absolute atomic E-state index is 13.5. The lowest BCUT2D eigenvalue weighted by Gasteiger charge is -2.23. The highest BCUT2D eigenvalue weighted by Crippen LogP contribution is 2.44. The lowest BCUT2D eigenvalue weighted by atomic mass is 9.95. The van der Waals surface area contributed by atoms with Crippen LogP contribution in [-0.4, -0.2) is 35.0 Å². The largest absolute Gasteiger partial charge is 0.507 e. The Labute approximate surface area is 218 Å². The molecule has 0 unspecified atom stereocenters. The molecule has 8 heteroatoms. The predicted molar refractivity (Wildman–Crippen MR) is 144 cm³/mol. The molecule has 1 amide bonds. The van der Waals surface area contributed by atoms with Gasteiger partial charge in [-0.2, -0.15) is 0 Å². The minimum Gasteiger partial charge on any atom is -0.507 e. The first kappa shape index (κ1) is 24.5. The highest BCUT2D eigenvalue weighted by atomic mass is 32.1. The summed E-state index contributed by atoms with van der Waals surface area (Å²) in [5.74, 6) is -0.606. The molecule has 0 spiro atoms. The number of ether oxygens (including phenoxy) is 2. The van der Waals surface area contributed by atoms with Crippen LogP contribution in [0.1, 0.15) is 36.6 Å². The van der Waals surface area contributed by atoms with Crippen molar-refractivity contribution in [2.45, 2.75) is 32.9 Å². The molecule has 0 saturated carbocycles. The zero-order chi connectivity index (χ0) is 26.3. The number of carbonyl (C=O) groups excluding carboxylic acids is 2. The van der Waals surface area contributed by atoms with Gasteiger partial charge in [-0.05, 0) is 68.3 Å². The number of carbonyl (C=O) groups is 2. The Morgan fingerprint density at radius 1 is 1.03 bits per heavy atom. The SMILES string of the molecule is COc1cccc(/C(O)=C2\C(=O)C(=O)N(c3nc4ccc(C)cc4s3)[C@H]2c2ccc(OC(C)C)cc2)c1. The molecule has 37 heavy (non-hydrogen) atoms. The quantitative estimate of drug-likeness (QED) is 0.192. The van der Waals surface area contributed by atoms with Crippen molar-refractivity contribution in [2.75, 3.05) is 12.0 Å². The van der Waals surface area contributed by atoms with Gasteiger partial charge in [0.2, 0.25) is 0 Å². The Kier molecular flexibility index (Phi) is 6.43. The smallest absolute Gasteiger partial charge is 0.301 e. The van der Waals surface area contributed by atoms with Crippen molar-refractivity contribution in [3.8, 4) is 11.5 Å². The highest BCUT2D eigenvalue weighted by Gasteiger charge is 2.48. The van der Waals surface area contributed by atoms with Crippen LogP contribution in [0.15, 0.2) is 72.3 Å². The van der Waals surface area contributed by atoms with Crippen molar-refractivity contribution >= 4 is 44.1 Å². The molecule has 0 radical (unpaired) electrons. The van der Waals surface area contributed by atoms with Crippen LogP contribution >= 0.6 is 11.3 Å². The number of hydrogen-bond donors (Lipinski definition) is 1. The minimum absolute atomic E-state index is 0.00393. The normalized spacial score (nSPS) is 17.1. The number of aliphatic hydroxyl groups excluding tert-OH is 1. The van der Waals surface area contributed by atoms with Crippen LogP contribution in [0.25, 0.3) is 16.0 Å². The van der Waals surface area contributed by atoms with Crippen molar-refractivity contribution in [3.63, 3.8) is 0 Å². The number of ketones is 1. The summed E-state index contributed by atoms with van der Waals surface area (Å²) in [5, 5.41) is 11.7. The Morgan fingerprint density at radius 2 is 1.78 bits per heavy atom. The fraction of sp³-hybridized carbons (Fsp3) is 0.207. The molecule has 1 aliphatic rings. The standard InChI is InChI=1S/C29H26N2O5S/c1-16(2)36-20-11-9-18(10-12-20)25-24(26(32)19-6-5-7-21(15-19)35-4)27(33)28(34)31(25)29-30-22-13-8-17(3)14-23(22)37-29/h5-16,25,32H,1-4H3/b26-24+/t25-/m0/s1. The molecule has 188 valence electrons. The number of thiazole rings is 1. The first-order valence-electron chi connectivity index (χ1n) is 11.9. The van der Waals surface area contributed by atoms with Crippen molar-refractivity contribution in [1.82, 2.24) is 4.98 Å². The third-order valence-electron chi connectivity index (χ3n) is 6.09. The number of aromatic nitrogens is 1. The van der Waals surface area contributed by atoms with Crippen LogP contribution in [0.5, 0.6) is 11.5 Å². The van der Waals surface area contributed by atoms with Crippen molar-refractivity contribution < 1.29 is 24.2 Å². The first-order valence-corrected chi connectivity index (χ1v) is 12.7. The van der Waals surface area contributed by atoms with Crippen molar-refractivity contribution in [1.29, 1.82) is 0 Å². The number of fused-ring (bicyclic) bond motifs is 1. The molecule has 1 saturated heterocycles. The first-order chi connectivity index (χ1) is 17.8. The number of benzene rings is 3. The summed E-state index contributed by atoms with van der Waals surface area (Å²) < 4.78 is 12.0. The van der Waals surface area contributed by atoms with E-state index >= 15 is 0 Å². The number of Topliss-reactive ketones (excluding diaryl/α,β-unsaturated/α-hetero) is 1. The van der Waals surface area contributed by atoms with Crippen LogP contribution in [0.4, 0.5) is 5.13 Å². The second-order valence-electron chi connectivity index (χ2n) is 9.10. The molecule has 1 atom stereocenters. The zero-order valence-corrected chi connectivity index (χ0v) is 21.7. The van der Waals surface area contributed by atoms with E-state index in [0.29, 0.717) is 27.8 Å². The zero-order valence-electron chi connectivity index (χ0n) is 20.9. The summed E-state index contributed by atoms with van der Waals surface area (Å²) in [4.78, 5) is 32.9. The van der Waals surface area contributed by atoms with E-state index in [0.717, 1.165) is 15.8 Å². The molecule has 4 aromatic rings. The second-order valence-corrected chi connectivity index (χ2v) is 10.1. The molecule has 0 aliphatic carbocycles. The number of nitrogens with zero attached hydrogens (tertiary/aromatic N) is 2. The van der Waals surface area contributed by atoms with E-state index in [9.17, 15) is 14.7 Å². The molecular weight excluding hydrogens is 488 g/mol. The van der Waals surface area contributed by atoms with Crippen LogP contribution in [0.2, 0.25) is 0 Å². The number of hydrogen-bond acceptors (Lipinski definition) is 7. The van der Waals surface area contributed by atoms with Crippen LogP contribution in [0.3, 0.4) is 0 Å². The number of aryl methyl sites for hydroxylation is 1. The van der Waals surface area contributed by atoms with E-state index in [1.54, 1.807) is 48.5 Å². The van der Waals surface area contributed by atoms with Gasteiger partial charge >= 0.3 is 5.91 Å². The van der Waals surface area contributed by atoms with Gasteiger partial charge in [0.15, 0.2) is 5.13 Å². The maximum atomic E-state index is 13.5. The summed E-state index contributed by atoms with van der Waals surface area (Å²) in [6.07, 6.45) is -0.00393. The van der Waals surface area contributed by atoms with Gasteiger partial charge in [0.05, 0.1) is 35.0 Å². The molecule has 2 heterocycles. The molecular formula is C29H26N2O5S. The van der Waals surface area contributed by atoms with Crippen molar-refractivity contribution in [3.05, 3.63) is 89.0 Å². The summed E-state index contributed by atoms with van der Waals surface area (Å²) in [5.41, 5.74) is 2.82. The topological polar surface area (TPSA) is 89.0 Å². The van der Waals surface area contributed by atoms with Gasteiger partial charge in [-0.1, -0.05) is 41.7 Å². The summed E-state index contributed by atoms with van der Waals surface area (Å²) in [7, 11) is 1.52. The Balaban J connectivity index is 1.69. The average Bonchev–Trinajstić information content (AvgIpc) is 3.41. The van der Waals surface area contributed by atoms with Gasteiger partial charge in [0, 0.05) is 5.56 Å². The maximum Gasteiger partial charge on any atom is 0.301 e. The Bertz CT molecular complexity index is 1540. The molecule has 0 bridgehead atoms. The monoisotopic (exact) mass is 514 g/mol. The Morgan fingerprint density at radius 3 is 2.49 bits per heavy atom. The molecule has 7 nitrogen and oxygen atoms in total. The third-order valence-corrected chi connectivity index (χ3v) is 7.11. The van der Waals surface area contributed by atoms with Gasteiger partial charge < -0.3 is 14.6 Å². The van der Waals surface area contributed by atoms with Gasteiger partial charge in [0.25, 0.3) is 5.78 Å². The van der Waals surface area contributed by atoms with E-state index in [-0.39, 0.29) is 17.4 Å². The minimum atomic E-state index is -0.874. The van der Waals surface area contributed by atoms with Gasteiger partial charge in [-0.15, -0.1) is 0 Å². The molecule has 3 aromatic carbocycles. The Hall–Kier alpha value is -4.17. The van der Waals surface area contributed by atoms with Gasteiger partial charge in [-0.25, -0.2) is 4.98 Å². The number of methoxy groups -OCH3 is 1. The average molecular weight is 515 g/mol. The lowest BCUT2D eigenvalue weighted by Crippen LogP contribution is -2.29. The number of rotatable bonds is 6. The van der Waals surface area contributed by atoms with E-state index in [4.69, 9.17) is 9.47 Å². The van der Waals surface area contributed by atoms with Crippen LogP contribution in [-0.2, 0) is 9.59 Å². The van der Waals surface area contributed by atoms with E-state index in [1.165, 1.54) is 23.3 Å². The van der Waals surface area contributed by atoms with Crippen LogP contribution in [0, 0.1) is 6.92 Å². The van der Waals surface area contributed by atoms with Gasteiger partial charge in [-0.3, -0.25) is 14.5 Å². The molecule has 1 fully saturated rings. The molecule has 5 rings (SSSR count). The van der Waals surface area contributed by atoms with E-state index < -0.39 is 17.7 Å². The summed E-state index contributed by atoms with van der Waals surface area (Å²) in [6.45, 7) is 5.86. The highest BCUT2D eigenvalue weighted by molar-refractivity contribution is 7.22. The fourth-order valence-corrected chi connectivity index (χ4v) is 5.49. The molecule has 1 aromatic heterocycles. The van der Waals surface area contributed by atoms with Gasteiger partial charge in [0.1, 0.15) is 17.3 Å². The van der Waals surface area contributed by atoms with E-state index in [1.807, 2.05) is 39.0 Å². The second kappa shape index (κ2) is 9.71. The molecule has 1 N–H and O–H groups in total. The van der Waals surface area contributed by atoms with E-state index in [2.05, 4.69) is 4.98 Å². The fourth-order valence-electron chi connectivity index (χ4n) is 4.39. The molecule has 1 aliphatic heterocycles. The number of amides is 1. The summed E-state index contributed by atoms with van der Waals surface area (Å²) >= 11 is 1.33. The van der Waals surface area contributed by atoms with Crippen LogP contribution < -0.4 is 14.4 Å². The number of aliphatic hydroxyl groups is 1. The number of anilines is 1.